The highest BCUT2D eigenvalue weighted by molar-refractivity contribution is 5.66. The fourth-order valence-electron chi connectivity index (χ4n) is 2.53. The highest BCUT2D eigenvalue weighted by atomic mass is 16.5. The Hall–Kier alpha value is -1.43. The number of hydrogen-bond acceptors (Lipinski definition) is 5. The molecule has 19 heavy (non-hydrogen) atoms. The molecule has 106 valence electrons. The summed E-state index contributed by atoms with van der Waals surface area (Å²) < 4.78 is 5.27. The van der Waals surface area contributed by atoms with Crippen molar-refractivity contribution in [2.75, 3.05) is 6.54 Å². The normalized spacial score (nSPS) is 18.1. The Balaban J connectivity index is 2.11. The fraction of sp³-hybridized carbons (Fsp3) is 0.769. The predicted octanol–water partition coefficient (Wildman–Crippen LogP) is 2.03. The van der Waals surface area contributed by atoms with Crippen molar-refractivity contribution in [2.24, 2.45) is 0 Å². The molecule has 1 aromatic rings. The molecule has 6 nitrogen and oxygen atoms in total. The molecule has 0 amide bonds. The summed E-state index contributed by atoms with van der Waals surface area (Å²) in [6, 6.07) is 0. The molecule has 1 saturated carbocycles. The van der Waals surface area contributed by atoms with Gasteiger partial charge in [0.25, 0.3) is 0 Å². The first-order valence-corrected chi connectivity index (χ1v) is 6.84. The van der Waals surface area contributed by atoms with Crippen LogP contribution in [0, 0.1) is 0 Å². The van der Waals surface area contributed by atoms with E-state index in [-0.39, 0.29) is 17.9 Å². The summed E-state index contributed by atoms with van der Waals surface area (Å²) in [4.78, 5) is 15.1. The van der Waals surface area contributed by atoms with Gasteiger partial charge >= 0.3 is 5.97 Å². The number of carbonyl (C=O) groups is 1. The molecule has 1 heterocycles. The van der Waals surface area contributed by atoms with Gasteiger partial charge in [-0.3, -0.25) is 4.79 Å². The van der Waals surface area contributed by atoms with Crippen LogP contribution in [0.4, 0.5) is 0 Å². The minimum atomic E-state index is -0.795. The van der Waals surface area contributed by atoms with Gasteiger partial charge in [0.15, 0.2) is 5.82 Å². The summed E-state index contributed by atoms with van der Waals surface area (Å²) >= 11 is 0. The van der Waals surface area contributed by atoms with E-state index in [0.717, 1.165) is 25.7 Å². The van der Waals surface area contributed by atoms with Gasteiger partial charge in [-0.2, -0.15) is 4.98 Å². The van der Waals surface area contributed by atoms with E-state index in [9.17, 15) is 4.79 Å². The zero-order valence-electron chi connectivity index (χ0n) is 11.5. The van der Waals surface area contributed by atoms with Crippen LogP contribution >= 0.6 is 0 Å². The first kappa shape index (κ1) is 14.0. The number of carboxylic acid groups (broad SMARTS) is 1. The third kappa shape index (κ3) is 3.12. The molecule has 6 heteroatoms. The maximum Gasteiger partial charge on any atom is 0.304 e. The van der Waals surface area contributed by atoms with Gasteiger partial charge in [-0.05, 0) is 12.8 Å². The smallest absolute Gasteiger partial charge is 0.304 e. The first-order valence-electron chi connectivity index (χ1n) is 6.84. The Labute approximate surface area is 112 Å². The van der Waals surface area contributed by atoms with Gasteiger partial charge in [-0.15, -0.1) is 0 Å². The molecular formula is C13H21N3O3. The molecule has 1 aliphatic rings. The lowest BCUT2D eigenvalue weighted by atomic mass is 9.96. The molecule has 1 aliphatic carbocycles. The van der Waals surface area contributed by atoms with Gasteiger partial charge in [0.2, 0.25) is 5.89 Å². The standard InChI is InChI=1S/C13H21N3O3/c1-9(2)11-15-12(16-19-11)13(6-3-4-7-13)14-8-5-10(17)18/h9,14H,3-8H2,1-2H3,(H,17,18). The number of nitrogens with one attached hydrogen (secondary N) is 1. The molecule has 0 aliphatic heterocycles. The Bertz CT molecular complexity index is 436. The Kier molecular flexibility index (Phi) is 4.19. The topological polar surface area (TPSA) is 88.2 Å². The van der Waals surface area contributed by atoms with Crippen molar-refractivity contribution >= 4 is 5.97 Å². The molecule has 2 rings (SSSR count). The third-order valence-corrected chi connectivity index (χ3v) is 3.62. The number of aliphatic carboxylic acids is 1. The molecule has 0 radical (unpaired) electrons. The quantitative estimate of drug-likeness (QED) is 0.819. The second-order valence-electron chi connectivity index (χ2n) is 5.47. The van der Waals surface area contributed by atoms with Crippen LogP contribution in [0.5, 0.6) is 0 Å². The number of hydrogen-bond donors (Lipinski definition) is 2. The van der Waals surface area contributed by atoms with E-state index >= 15 is 0 Å². The van der Waals surface area contributed by atoms with Gasteiger partial charge < -0.3 is 14.9 Å². The Morgan fingerprint density at radius 1 is 1.47 bits per heavy atom. The summed E-state index contributed by atoms with van der Waals surface area (Å²) in [6.07, 6.45) is 4.18. The van der Waals surface area contributed by atoms with E-state index < -0.39 is 5.97 Å². The summed E-state index contributed by atoms with van der Waals surface area (Å²) in [6.45, 7) is 4.45. The van der Waals surface area contributed by atoms with E-state index in [1.807, 2.05) is 13.8 Å². The lowest BCUT2D eigenvalue weighted by molar-refractivity contribution is -0.136. The average molecular weight is 267 g/mol. The largest absolute Gasteiger partial charge is 0.481 e. The van der Waals surface area contributed by atoms with Gasteiger partial charge in [-0.25, -0.2) is 0 Å². The highest BCUT2D eigenvalue weighted by Crippen LogP contribution is 2.37. The van der Waals surface area contributed by atoms with Crippen molar-refractivity contribution < 1.29 is 14.4 Å². The molecule has 1 fully saturated rings. The monoisotopic (exact) mass is 267 g/mol. The molecule has 1 aromatic heterocycles. The predicted molar refractivity (Wildman–Crippen MR) is 68.8 cm³/mol. The van der Waals surface area contributed by atoms with Gasteiger partial charge in [0, 0.05) is 12.5 Å². The van der Waals surface area contributed by atoms with Crippen LogP contribution in [0.25, 0.3) is 0 Å². The molecule has 0 aromatic carbocycles. The van der Waals surface area contributed by atoms with E-state index in [0.29, 0.717) is 18.3 Å². The Morgan fingerprint density at radius 2 is 2.16 bits per heavy atom. The third-order valence-electron chi connectivity index (χ3n) is 3.62. The van der Waals surface area contributed by atoms with Crippen LogP contribution in [0.1, 0.15) is 63.6 Å². The molecule has 0 saturated heterocycles. The van der Waals surface area contributed by atoms with E-state index in [2.05, 4.69) is 15.5 Å². The van der Waals surface area contributed by atoms with Crippen molar-refractivity contribution in [3.05, 3.63) is 11.7 Å². The molecule has 0 unspecified atom stereocenters. The van der Waals surface area contributed by atoms with Crippen molar-refractivity contribution in [1.82, 2.24) is 15.5 Å². The number of carboxylic acids is 1. The van der Waals surface area contributed by atoms with Crippen LogP contribution in [0.3, 0.4) is 0 Å². The molecule has 0 bridgehead atoms. The zero-order chi connectivity index (χ0) is 13.9. The van der Waals surface area contributed by atoms with E-state index in [1.54, 1.807) is 0 Å². The maximum absolute atomic E-state index is 10.6. The molecule has 0 spiro atoms. The Morgan fingerprint density at radius 3 is 2.68 bits per heavy atom. The zero-order valence-corrected chi connectivity index (χ0v) is 11.5. The van der Waals surface area contributed by atoms with Crippen LogP contribution in [-0.4, -0.2) is 27.8 Å². The second-order valence-corrected chi connectivity index (χ2v) is 5.47. The van der Waals surface area contributed by atoms with Crippen LogP contribution in [-0.2, 0) is 10.3 Å². The second kappa shape index (κ2) is 5.69. The fourth-order valence-corrected chi connectivity index (χ4v) is 2.53. The van der Waals surface area contributed by atoms with Crippen LogP contribution in [0.2, 0.25) is 0 Å². The summed E-state index contributed by atoms with van der Waals surface area (Å²) in [5, 5.41) is 16.2. The lowest BCUT2D eigenvalue weighted by Gasteiger charge is -2.26. The van der Waals surface area contributed by atoms with E-state index in [4.69, 9.17) is 9.63 Å². The summed E-state index contributed by atoms with van der Waals surface area (Å²) in [5.74, 6) is 0.732. The SMILES string of the molecule is CC(C)c1nc(C2(NCCC(=O)O)CCCC2)no1. The molecule has 0 atom stereocenters. The van der Waals surface area contributed by atoms with Crippen molar-refractivity contribution in [3.8, 4) is 0 Å². The van der Waals surface area contributed by atoms with Gasteiger partial charge in [-0.1, -0.05) is 31.8 Å². The van der Waals surface area contributed by atoms with Crippen LogP contribution in [0.15, 0.2) is 4.52 Å². The van der Waals surface area contributed by atoms with Crippen molar-refractivity contribution in [3.63, 3.8) is 0 Å². The van der Waals surface area contributed by atoms with E-state index in [1.165, 1.54) is 0 Å². The maximum atomic E-state index is 10.6. The molecular weight excluding hydrogens is 246 g/mol. The molecule has 2 N–H and O–H groups in total. The average Bonchev–Trinajstić information content (AvgIpc) is 2.97. The van der Waals surface area contributed by atoms with Crippen LogP contribution < -0.4 is 5.32 Å². The lowest BCUT2D eigenvalue weighted by Crippen LogP contribution is -2.42. The minimum Gasteiger partial charge on any atom is -0.481 e. The first-order chi connectivity index (χ1) is 9.03. The van der Waals surface area contributed by atoms with Gasteiger partial charge in [0.1, 0.15) is 0 Å². The van der Waals surface area contributed by atoms with Gasteiger partial charge in [0.05, 0.1) is 12.0 Å². The number of aromatic nitrogens is 2. The number of nitrogens with zero attached hydrogens (tertiary/aromatic N) is 2. The number of rotatable bonds is 6. The van der Waals surface area contributed by atoms with Crippen molar-refractivity contribution in [2.45, 2.75) is 57.4 Å². The summed E-state index contributed by atoms with van der Waals surface area (Å²) in [5.41, 5.74) is -0.300. The van der Waals surface area contributed by atoms with Crippen molar-refractivity contribution in [1.29, 1.82) is 0 Å². The minimum absolute atomic E-state index is 0.108. The summed E-state index contributed by atoms with van der Waals surface area (Å²) in [7, 11) is 0. The highest BCUT2D eigenvalue weighted by Gasteiger charge is 2.39.